The number of fused-ring (bicyclic) bond motifs is 1. The van der Waals surface area contributed by atoms with Crippen LogP contribution in [0.5, 0.6) is 11.5 Å². The first-order valence-corrected chi connectivity index (χ1v) is 12.0. The van der Waals surface area contributed by atoms with Gasteiger partial charge in [0.15, 0.2) is 0 Å². The first kappa shape index (κ1) is 25.0. The standard InChI is InChI=1S/C27H32N6O3/c1-5-6-18(2)29-25-24-23(15-28-32-26(24)34)30-27(31-25)33(16-19-7-11-21(35-3)12-8-19)17-20-9-13-22(36-4)14-10-20/h7-15,18H,5-6,16-17H2,1-4H3,(H,32,34)(H,29,30,31)/t18-/m0/s1. The molecular formula is C27H32N6O3. The third-order valence-corrected chi connectivity index (χ3v) is 5.96. The molecule has 9 heteroatoms. The highest BCUT2D eigenvalue weighted by molar-refractivity contribution is 5.88. The minimum absolute atomic E-state index is 0.144. The predicted octanol–water partition coefficient (Wildman–Crippen LogP) is 4.54. The van der Waals surface area contributed by atoms with E-state index in [1.165, 1.54) is 0 Å². The maximum atomic E-state index is 12.6. The van der Waals surface area contributed by atoms with Crippen LogP contribution in [0.15, 0.2) is 59.5 Å². The first-order chi connectivity index (χ1) is 17.5. The molecule has 0 bridgehead atoms. The predicted molar refractivity (Wildman–Crippen MR) is 142 cm³/mol. The molecular weight excluding hydrogens is 456 g/mol. The van der Waals surface area contributed by atoms with Gasteiger partial charge < -0.3 is 19.7 Å². The Balaban J connectivity index is 1.77. The molecule has 0 aliphatic heterocycles. The van der Waals surface area contributed by atoms with Crippen LogP contribution < -0.4 is 25.2 Å². The fourth-order valence-corrected chi connectivity index (χ4v) is 4.08. The number of benzene rings is 2. The third kappa shape index (κ3) is 5.91. The summed E-state index contributed by atoms with van der Waals surface area (Å²) in [4.78, 5) is 24.3. The van der Waals surface area contributed by atoms with Crippen LogP contribution in [-0.4, -0.2) is 40.4 Å². The topological polar surface area (TPSA) is 105 Å². The van der Waals surface area contributed by atoms with Gasteiger partial charge in [-0.1, -0.05) is 37.6 Å². The molecule has 2 aromatic carbocycles. The number of nitrogens with zero attached hydrogens (tertiary/aromatic N) is 4. The van der Waals surface area contributed by atoms with E-state index in [1.807, 2.05) is 48.5 Å². The molecule has 0 aliphatic rings. The SMILES string of the molecule is CCC[C@H](C)Nc1nc(N(Cc2ccc(OC)cc2)Cc2ccc(OC)cc2)nc2cn[nH]c(=O)c12. The highest BCUT2D eigenvalue weighted by atomic mass is 16.5. The zero-order chi connectivity index (χ0) is 25.5. The fraction of sp³-hybridized carbons (Fsp3) is 0.333. The van der Waals surface area contributed by atoms with Crippen molar-refractivity contribution in [3.63, 3.8) is 0 Å². The number of aromatic amines is 1. The van der Waals surface area contributed by atoms with Crippen molar-refractivity contribution in [3.8, 4) is 11.5 Å². The fourth-order valence-electron chi connectivity index (χ4n) is 4.08. The molecule has 0 amide bonds. The number of nitrogens with one attached hydrogen (secondary N) is 2. The second-order valence-corrected chi connectivity index (χ2v) is 8.72. The smallest absolute Gasteiger partial charge is 0.277 e. The van der Waals surface area contributed by atoms with Gasteiger partial charge in [-0.3, -0.25) is 4.79 Å². The number of ether oxygens (including phenoxy) is 2. The van der Waals surface area contributed by atoms with Crippen LogP contribution in [-0.2, 0) is 13.1 Å². The van der Waals surface area contributed by atoms with E-state index in [0.717, 1.165) is 35.5 Å². The molecule has 0 unspecified atom stereocenters. The van der Waals surface area contributed by atoms with Gasteiger partial charge >= 0.3 is 0 Å². The molecule has 0 radical (unpaired) electrons. The number of methoxy groups -OCH3 is 2. The summed E-state index contributed by atoms with van der Waals surface area (Å²) in [5.74, 6) is 2.61. The van der Waals surface area contributed by atoms with E-state index in [4.69, 9.17) is 19.4 Å². The molecule has 9 nitrogen and oxygen atoms in total. The molecule has 36 heavy (non-hydrogen) atoms. The Kier molecular flexibility index (Phi) is 7.99. The minimum Gasteiger partial charge on any atom is -0.497 e. The van der Waals surface area contributed by atoms with Gasteiger partial charge in [-0.25, -0.2) is 10.1 Å². The van der Waals surface area contributed by atoms with Gasteiger partial charge in [0.25, 0.3) is 5.56 Å². The lowest BCUT2D eigenvalue weighted by molar-refractivity contribution is 0.414. The second-order valence-electron chi connectivity index (χ2n) is 8.72. The monoisotopic (exact) mass is 488 g/mol. The van der Waals surface area contributed by atoms with Gasteiger partial charge in [0.1, 0.15) is 28.2 Å². The summed E-state index contributed by atoms with van der Waals surface area (Å²) < 4.78 is 10.6. The summed E-state index contributed by atoms with van der Waals surface area (Å²) in [7, 11) is 3.30. The third-order valence-electron chi connectivity index (χ3n) is 5.96. The lowest BCUT2D eigenvalue weighted by Crippen LogP contribution is -2.26. The highest BCUT2D eigenvalue weighted by Gasteiger charge is 2.18. The van der Waals surface area contributed by atoms with Gasteiger partial charge in [0.2, 0.25) is 5.95 Å². The molecule has 0 spiro atoms. The molecule has 0 saturated carbocycles. The van der Waals surface area contributed by atoms with E-state index in [9.17, 15) is 4.79 Å². The average Bonchev–Trinajstić information content (AvgIpc) is 2.89. The summed E-state index contributed by atoms with van der Waals surface area (Å²) in [6.07, 6.45) is 3.53. The summed E-state index contributed by atoms with van der Waals surface area (Å²) in [5, 5.41) is 10.3. The summed E-state index contributed by atoms with van der Waals surface area (Å²) in [6.45, 7) is 5.33. The van der Waals surface area contributed by atoms with Crippen LogP contribution in [0, 0.1) is 0 Å². The average molecular weight is 489 g/mol. The highest BCUT2D eigenvalue weighted by Crippen LogP contribution is 2.25. The Morgan fingerprint density at radius 1 is 0.944 bits per heavy atom. The van der Waals surface area contributed by atoms with Crippen molar-refractivity contribution < 1.29 is 9.47 Å². The molecule has 0 fully saturated rings. The number of rotatable bonds is 11. The van der Waals surface area contributed by atoms with Gasteiger partial charge in [-0.2, -0.15) is 10.1 Å². The van der Waals surface area contributed by atoms with Crippen LogP contribution in [0.4, 0.5) is 11.8 Å². The molecule has 0 aliphatic carbocycles. The molecule has 4 aromatic rings. The molecule has 2 aromatic heterocycles. The second kappa shape index (κ2) is 11.5. The van der Waals surface area contributed by atoms with E-state index in [1.54, 1.807) is 20.4 Å². The van der Waals surface area contributed by atoms with Crippen LogP contribution in [0.25, 0.3) is 10.9 Å². The van der Waals surface area contributed by atoms with E-state index in [-0.39, 0.29) is 11.6 Å². The van der Waals surface area contributed by atoms with E-state index in [0.29, 0.717) is 35.8 Å². The Morgan fingerprint density at radius 2 is 1.53 bits per heavy atom. The minimum atomic E-state index is -0.317. The van der Waals surface area contributed by atoms with Crippen molar-refractivity contribution in [1.82, 2.24) is 20.2 Å². The van der Waals surface area contributed by atoms with Crippen molar-refractivity contribution in [1.29, 1.82) is 0 Å². The normalized spacial score (nSPS) is 11.8. The van der Waals surface area contributed by atoms with Gasteiger partial charge in [0, 0.05) is 19.1 Å². The van der Waals surface area contributed by atoms with Gasteiger partial charge in [-0.05, 0) is 48.7 Å². The van der Waals surface area contributed by atoms with Gasteiger partial charge in [-0.15, -0.1) is 0 Å². The molecule has 2 N–H and O–H groups in total. The summed E-state index contributed by atoms with van der Waals surface area (Å²) >= 11 is 0. The molecule has 0 saturated heterocycles. The first-order valence-electron chi connectivity index (χ1n) is 12.0. The van der Waals surface area contributed by atoms with Crippen LogP contribution >= 0.6 is 0 Å². The van der Waals surface area contributed by atoms with Crippen molar-refractivity contribution in [2.45, 2.75) is 45.8 Å². The Hall–Kier alpha value is -4.14. The van der Waals surface area contributed by atoms with Gasteiger partial charge in [0.05, 0.1) is 20.4 Å². The number of hydrogen-bond acceptors (Lipinski definition) is 8. The zero-order valence-corrected chi connectivity index (χ0v) is 21.1. The van der Waals surface area contributed by atoms with Crippen LogP contribution in [0.3, 0.4) is 0 Å². The molecule has 1 atom stereocenters. The van der Waals surface area contributed by atoms with Crippen molar-refractivity contribution in [2.75, 3.05) is 24.4 Å². The summed E-state index contributed by atoms with van der Waals surface area (Å²) in [5.41, 5.74) is 2.32. The van der Waals surface area contributed by atoms with E-state index < -0.39 is 0 Å². The molecule has 188 valence electrons. The number of H-pyrrole nitrogens is 1. The molecule has 4 rings (SSSR count). The van der Waals surface area contributed by atoms with Crippen molar-refractivity contribution >= 4 is 22.7 Å². The number of aromatic nitrogens is 4. The van der Waals surface area contributed by atoms with Crippen LogP contribution in [0.1, 0.15) is 37.8 Å². The van der Waals surface area contributed by atoms with Crippen molar-refractivity contribution in [3.05, 3.63) is 76.2 Å². The Labute approximate surface area is 210 Å². The Morgan fingerprint density at radius 3 is 2.06 bits per heavy atom. The number of anilines is 2. The maximum absolute atomic E-state index is 12.6. The maximum Gasteiger partial charge on any atom is 0.277 e. The largest absolute Gasteiger partial charge is 0.497 e. The number of hydrogen-bond donors (Lipinski definition) is 2. The van der Waals surface area contributed by atoms with Crippen LogP contribution in [0.2, 0.25) is 0 Å². The molecule has 2 heterocycles. The Bertz CT molecular complexity index is 1290. The summed E-state index contributed by atoms with van der Waals surface area (Å²) in [6, 6.07) is 16.0. The van der Waals surface area contributed by atoms with E-state index >= 15 is 0 Å². The quantitative estimate of drug-likeness (QED) is 0.317. The van der Waals surface area contributed by atoms with Crippen molar-refractivity contribution in [2.24, 2.45) is 0 Å². The lowest BCUT2D eigenvalue weighted by atomic mass is 10.1. The van der Waals surface area contributed by atoms with E-state index in [2.05, 4.69) is 34.3 Å². The lowest BCUT2D eigenvalue weighted by Gasteiger charge is -2.25. The zero-order valence-electron chi connectivity index (χ0n) is 21.1.